The van der Waals surface area contributed by atoms with Crippen molar-refractivity contribution < 1.29 is 9.18 Å². The lowest BCUT2D eigenvalue weighted by atomic mass is 10.1. The molecule has 3 rings (SSSR count). The minimum Gasteiger partial charge on any atom is -0.365 e. The van der Waals surface area contributed by atoms with E-state index in [0.29, 0.717) is 18.2 Å². The lowest BCUT2D eigenvalue weighted by molar-refractivity contribution is -0.115. The van der Waals surface area contributed by atoms with Crippen LogP contribution in [0.15, 0.2) is 60.7 Å². The summed E-state index contributed by atoms with van der Waals surface area (Å²) in [5.74, 6) is 0.445. The Bertz CT molecular complexity index is 862. The smallest absolute Gasteiger partial charge is 0.229 e. The highest BCUT2D eigenvalue weighted by atomic mass is 19.1. The van der Waals surface area contributed by atoms with Crippen molar-refractivity contribution in [2.45, 2.75) is 19.9 Å². The van der Waals surface area contributed by atoms with Gasteiger partial charge in [0.2, 0.25) is 5.91 Å². The molecule has 5 nitrogen and oxygen atoms in total. The number of hydrogen-bond acceptors (Lipinski definition) is 4. The zero-order chi connectivity index (χ0) is 18.4. The lowest BCUT2D eigenvalue weighted by Crippen LogP contribution is -2.16. The minimum absolute atomic E-state index is 0.148. The summed E-state index contributed by atoms with van der Waals surface area (Å²) >= 11 is 0. The Labute approximate surface area is 151 Å². The zero-order valence-electron chi connectivity index (χ0n) is 14.4. The summed E-state index contributed by atoms with van der Waals surface area (Å²) in [6, 6.07) is 17.5. The molecule has 3 aromatic rings. The van der Waals surface area contributed by atoms with E-state index in [4.69, 9.17) is 0 Å². The van der Waals surface area contributed by atoms with E-state index in [1.54, 1.807) is 24.3 Å². The van der Waals surface area contributed by atoms with Crippen LogP contribution < -0.4 is 10.6 Å². The first-order chi connectivity index (χ1) is 12.6. The van der Waals surface area contributed by atoms with Crippen LogP contribution in [-0.2, 0) is 17.8 Å². The fourth-order valence-corrected chi connectivity index (χ4v) is 2.37. The molecule has 0 saturated heterocycles. The van der Waals surface area contributed by atoms with Crippen molar-refractivity contribution in [3.8, 4) is 0 Å². The first kappa shape index (κ1) is 17.5. The fourth-order valence-electron chi connectivity index (χ4n) is 2.37. The van der Waals surface area contributed by atoms with Crippen LogP contribution in [0.4, 0.5) is 16.0 Å². The summed E-state index contributed by atoms with van der Waals surface area (Å²) < 4.78 is 12.9. The summed E-state index contributed by atoms with van der Waals surface area (Å²) in [7, 11) is 0. The summed E-state index contributed by atoms with van der Waals surface area (Å²) in [6.07, 6.45) is 0.148. The van der Waals surface area contributed by atoms with Crippen molar-refractivity contribution in [3.05, 3.63) is 83.2 Å². The summed E-state index contributed by atoms with van der Waals surface area (Å²) in [6.45, 7) is 2.69. The molecule has 0 spiro atoms. The molecule has 0 saturated carbocycles. The zero-order valence-corrected chi connectivity index (χ0v) is 14.4. The van der Waals surface area contributed by atoms with E-state index in [-0.39, 0.29) is 18.1 Å². The van der Waals surface area contributed by atoms with Crippen LogP contribution in [-0.4, -0.2) is 16.1 Å². The minimum atomic E-state index is -0.325. The predicted octanol–water partition coefficient (Wildman–Crippen LogP) is 3.72. The number of nitrogens with zero attached hydrogens (tertiary/aromatic N) is 2. The maximum Gasteiger partial charge on any atom is 0.229 e. The molecule has 1 aromatic heterocycles. The van der Waals surface area contributed by atoms with Crippen LogP contribution in [0.5, 0.6) is 0 Å². The van der Waals surface area contributed by atoms with Gasteiger partial charge in [-0.1, -0.05) is 42.0 Å². The molecule has 0 bridgehead atoms. The normalized spacial score (nSPS) is 10.4. The molecular weight excluding hydrogens is 331 g/mol. The molecule has 132 valence electrons. The number of amides is 1. The van der Waals surface area contributed by atoms with Crippen LogP contribution >= 0.6 is 0 Å². The number of aromatic nitrogens is 2. The Morgan fingerprint density at radius 1 is 0.885 bits per heavy atom. The molecule has 0 radical (unpaired) electrons. The Morgan fingerprint density at radius 3 is 2.15 bits per heavy atom. The standard InChI is InChI=1S/C20H19FN4O/c1-14-2-4-16(5-3-14)13-22-18-10-11-19(25-24-18)23-20(26)12-15-6-8-17(21)9-7-15/h2-11H,12-13H2,1H3,(H,22,24)(H,23,25,26). The van der Waals surface area contributed by atoms with Crippen LogP contribution in [0.25, 0.3) is 0 Å². The molecule has 0 aliphatic carbocycles. The molecule has 0 atom stereocenters. The van der Waals surface area contributed by atoms with Gasteiger partial charge in [-0.2, -0.15) is 0 Å². The predicted molar refractivity (Wildman–Crippen MR) is 99.3 cm³/mol. The first-order valence-electron chi connectivity index (χ1n) is 8.26. The number of benzene rings is 2. The Balaban J connectivity index is 1.51. The van der Waals surface area contributed by atoms with Gasteiger partial charge in [-0.05, 0) is 42.3 Å². The van der Waals surface area contributed by atoms with Crippen molar-refractivity contribution in [1.82, 2.24) is 10.2 Å². The molecule has 26 heavy (non-hydrogen) atoms. The highest BCUT2D eigenvalue weighted by molar-refractivity contribution is 5.91. The molecule has 0 aliphatic heterocycles. The Hall–Kier alpha value is -3.28. The quantitative estimate of drug-likeness (QED) is 0.711. The van der Waals surface area contributed by atoms with Crippen molar-refractivity contribution in [2.24, 2.45) is 0 Å². The van der Waals surface area contributed by atoms with Gasteiger partial charge in [0.25, 0.3) is 0 Å². The third-order valence-electron chi connectivity index (χ3n) is 3.80. The van der Waals surface area contributed by atoms with E-state index in [1.807, 2.05) is 6.92 Å². The number of halogens is 1. The molecule has 2 aromatic carbocycles. The second-order valence-corrected chi connectivity index (χ2v) is 5.99. The molecule has 6 heteroatoms. The van der Waals surface area contributed by atoms with Gasteiger partial charge in [0.05, 0.1) is 6.42 Å². The van der Waals surface area contributed by atoms with Crippen LogP contribution in [0.2, 0.25) is 0 Å². The maximum atomic E-state index is 12.9. The van der Waals surface area contributed by atoms with E-state index >= 15 is 0 Å². The second-order valence-electron chi connectivity index (χ2n) is 5.99. The summed E-state index contributed by atoms with van der Waals surface area (Å²) in [4.78, 5) is 12.0. The monoisotopic (exact) mass is 350 g/mol. The molecule has 1 heterocycles. The fraction of sp³-hybridized carbons (Fsp3) is 0.150. The Morgan fingerprint density at radius 2 is 1.50 bits per heavy atom. The topological polar surface area (TPSA) is 66.9 Å². The van der Waals surface area contributed by atoms with E-state index in [2.05, 4.69) is 45.1 Å². The molecule has 2 N–H and O–H groups in total. The van der Waals surface area contributed by atoms with Gasteiger partial charge < -0.3 is 10.6 Å². The number of anilines is 2. The summed E-state index contributed by atoms with van der Waals surface area (Å²) in [5.41, 5.74) is 3.09. The van der Waals surface area contributed by atoms with Gasteiger partial charge in [0.1, 0.15) is 11.6 Å². The number of hydrogen-bond donors (Lipinski definition) is 2. The SMILES string of the molecule is Cc1ccc(CNc2ccc(NC(=O)Cc3ccc(F)cc3)nn2)cc1. The lowest BCUT2D eigenvalue weighted by Gasteiger charge is -2.07. The van der Waals surface area contributed by atoms with Crippen molar-refractivity contribution >= 4 is 17.5 Å². The third-order valence-corrected chi connectivity index (χ3v) is 3.80. The van der Waals surface area contributed by atoms with E-state index in [0.717, 1.165) is 11.1 Å². The van der Waals surface area contributed by atoms with E-state index < -0.39 is 0 Å². The molecule has 1 amide bonds. The molecule has 0 unspecified atom stereocenters. The van der Waals surface area contributed by atoms with Crippen LogP contribution in [0.1, 0.15) is 16.7 Å². The average molecular weight is 350 g/mol. The van der Waals surface area contributed by atoms with E-state index in [1.165, 1.54) is 17.7 Å². The van der Waals surface area contributed by atoms with Crippen LogP contribution in [0, 0.1) is 12.7 Å². The van der Waals surface area contributed by atoms with Crippen molar-refractivity contribution in [3.63, 3.8) is 0 Å². The van der Waals surface area contributed by atoms with Gasteiger partial charge in [-0.25, -0.2) is 4.39 Å². The maximum absolute atomic E-state index is 12.9. The number of aryl methyl sites for hydroxylation is 1. The van der Waals surface area contributed by atoms with Gasteiger partial charge in [-0.15, -0.1) is 10.2 Å². The average Bonchev–Trinajstić information content (AvgIpc) is 2.64. The van der Waals surface area contributed by atoms with Crippen molar-refractivity contribution in [2.75, 3.05) is 10.6 Å². The highest BCUT2D eigenvalue weighted by Gasteiger charge is 2.06. The van der Waals surface area contributed by atoms with Gasteiger partial charge >= 0.3 is 0 Å². The second kappa shape index (κ2) is 8.20. The van der Waals surface area contributed by atoms with Gasteiger partial charge in [-0.3, -0.25) is 4.79 Å². The molecule has 0 aliphatic rings. The highest BCUT2D eigenvalue weighted by Crippen LogP contribution is 2.10. The number of carbonyl (C=O) groups excluding carboxylic acids is 1. The summed E-state index contributed by atoms with van der Waals surface area (Å²) in [5, 5.41) is 13.9. The number of rotatable bonds is 6. The number of nitrogens with one attached hydrogen (secondary N) is 2. The van der Waals surface area contributed by atoms with Gasteiger partial charge in [0, 0.05) is 6.54 Å². The molecule has 0 fully saturated rings. The van der Waals surface area contributed by atoms with Crippen LogP contribution in [0.3, 0.4) is 0 Å². The van der Waals surface area contributed by atoms with E-state index in [9.17, 15) is 9.18 Å². The van der Waals surface area contributed by atoms with Gasteiger partial charge in [0.15, 0.2) is 5.82 Å². The molecular formula is C20H19FN4O. The number of carbonyl (C=O) groups is 1. The largest absolute Gasteiger partial charge is 0.365 e. The third kappa shape index (κ3) is 5.11. The van der Waals surface area contributed by atoms with Crippen molar-refractivity contribution in [1.29, 1.82) is 0 Å². The first-order valence-corrected chi connectivity index (χ1v) is 8.26. The Kier molecular flexibility index (Phi) is 5.53.